The molecule has 21 heavy (non-hydrogen) atoms. The van der Waals surface area contributed by atoms with Gasteiger partial charge in [-0.15, -0.1) is 0 Å². The van der Waals surface area contributed by atoms with Crippen LogP contribution in [-0.4, -0.2) is 18.1 Å². The maximum atomic E-state index is 5.91. The first-order valence-electron chi connectivity index (χ1n) is 8.19. The van der Waals surface area contributed by atoms with E-state index in [2.05, 4.69) is 38.0 Å². The van der Waals surface area contributed by atoms with Gasteiger partial charge in [-0.1, -0.05) is 47.0 Å². The van der Waals surface area contributed by atoms with E-state index in [1.54, 1.807) is 0 Å². The SMILES string of the molecule is CCCCC(CC)CNc1ccc(N)c(OCC(C)C)n1. The summed E-state index contributed by atoms with van der Waals surface area (Å²) < 4.78 is 5.66. The van der Waals surface area contributed by atoms with Gasteiger partial charge < -0.3 is 15.8 Å². The monoisotopic (exact) mass is 293 g/mol. The van der Waals surface area contributed by atoms with E-state index in [4.69, 9.17) is 10.5 Å². The fourth-order valence-electron chi connectivity index (χ4n) is 2.10. The molecule has 0 fully saturated rings. The molecule has 0 bridgehead atoms. The van der Waals surface area contributed by atoms with Crippen LogP contribution in [0.15, 0.2) is 12.1 Å². The van der Waals surface area contributed by atoms with E-state index < -0.39 is 0 Å². The highest BCUT2D eigenvalue weighted by atomic mass is 16.5. The van der Waals surface area contributed by atoms with Crippen molar-refractivity contribution in [1.29, 1.82) is 0 Å². The molecule has 0 aliphatic heterocycles. The van der Waals surface area contributed by atoms with Gasteiger partial charge in [0.2, 0.25) is 5.88 Å². The van der Waals surface area contributed by atoms with Gasteiger partial charge in [-0.3, -0.25) is 0 Å². The zero-order valence-electron chi connectivity index (χ0n) is 14.0. The van der Waals surface area contributed by atoms with E-state index in [1.165, 1.54) is 25.7 Å². The first-order chi connectivity index (χ1) is 10.1. The zero-order valence-corrected chi connectivity index (χ0v) is 14.0. The first-order valence-corrected chi connectivity index (χ1v) is 8.19. The lowest BCUT2D eigenvalue weighted by Gasteiger charge is -2.17. The Morgan fingerprint density at radius 2 is 2.05 bits per heavy atom. The Morgan fingerprint density at radius 3 is 2.67 bits per heavy atom. The summed E-state index contributed by atoms with van der Waals surface area (Å²) >= 11 is 0. The van der Waals surface area contributed by atoms with Crippen molar-refractivity contribution >= 4 is 11.5 Å². The van der Waals surface area contributed by atoms with Crippen molar-refractivity contribution in [3.63, 3.8) is 0 Å². The van der Waals surface area contributed by atoms with Crippen LogP contribution in [0.1, 0.15) is 53.4 Å². The van der Waals surface area contributed by atoms with Crippen molar-refractivity contribution < 1.29 is 4.74 Å². The van der Waals surface area contributed by atoms with Crippen LogP contribution in [0.5, 0.6) is 5.88 Å². The summed E-state index contributed by atoms with van der Waals surface area (Å²) in [4.78, 5) is 4.47. The molecule has 1 aromatic rings. The van der Waals surface area contributed by atoms with E-state index in [0.29, 0.717) is 30.0 Å². The smallest absolute Gasteiger partial charge is 0.239 e. The largest absolute Gasteiger partial charge is 0.476 e. The highest BCUT2D eigenvalue weighted by Gasteiger charge is 2.08. The predicted molar refractivity (Wildman–Crippen MR) is 90.8 cm³/mol. The lowest BCUT2D eigenvalue weighted by molar-refractivity contribution is 0.263. The molecule has 1 aromatic heterocycles. The van der Waals surface area contributed by atoms with Crippen molar-refractivity contribution in [3.05, 3.63) is 12.1 Å². The van der Waals surface area contributed by atoms with E-state index in [0.717, 1.165) is 12.4 Å². The molecule has 1 atom stereocenters. The summed E-state index contributed by atoms with van der Waals surface area (Å²) in [5, 5.41) is 3.41. The molecule has 3 N–H and O–H groups in total. The molecule has 0 aliphatic rings. The number of nitrogens with two attached hydrogens (primary N) is 1. The number of unbranched alkanes of at least 4 members (excludes halogenated alkanes) is 1. The minimum absolute atomic E-state index is 0.460. The Kier molecular flexibility index (Phi) is 7.95. The minimum atomic E-state index is 0.460. The summed E-state index contributed by atoms with van der Waals surface area (Å²) in [6.45, 7) is 10.3. The van der Waals surface area contributed by atoms with Crippen LogP contribution in [0.4, 0.5) is 11.5 Å². The minimum Gasteiger partial charge on any atom is -0.476 e. The van der Waals surface area contributed by atoms with Gasteiger partial charge >= 0.3 is 0 Å². The summed E-state index contributed by atoms with van der Waals surface area (Å²) in [5.74, 6) is 2.54. The number of hydrogen-bond acceptors (Lipinski definition) is 4. The van der Waals surface area contributed by atoms with Gasteiger partial charge in [0.05, 0.1) is 12.3 Å². The van der Waals surface area contributed by atoms with Crippen LogP contribution < -0.4 is 15.8 Å². The van der Waals surface area contributed by atoms with Gasteiger partial charge in [-0.25, -0.2) is 0 Å². The Morgan fingerprint density at radius 1 is 1.29 bits per heavy atom. The maximum Gasteiger partial charge on any atom is 0.239 e. The number of rotatable bonds is 10. The predicted octanol–water partition coefficient (Wildman–Crippen LogP) is 4.33. The van der Waals surface area contributed by atoms with Crippen molar-refractivity contribution in [1.82, 2.24) is 4.98 Å². The van der Waals surface area contributed by atoms with Gasteiger partial charge in [-0.2, -0.15) is 4.98 Å². The quantitative estimate of drug-likeness (QED) is 0.674. The lowest BCUT2D eigenvalue weighted by atomic mass is 9.99. The Bertz CT molecular complexity index is 407. The van der Waals surface area contributed by atoms with Crippen LogP contribution in [0.3, 0.4) is 0 Å². The Hall–Kier alpha value is -1.45. The molecule has 0 saturated carbocycles. The van der Waals surface area contributed by atoms with Crippen molar-refractivity contribution in [2.45, 2.75) is 53.4 Å². The van der Waals surface area contributed by atoms with Crippen molar-refractivity contribution in [3.8, 4) is 5.88 Å². The van der Waals surface area contributed by atoms with Crippen LogP contribution in [0.2, 0.25) is 0 Å². The van der Waals surface area contributed by atoms with Crippen LogP contribution in [0, 0.1) is 11.8 Å². The summed E-state index contributed by atoms with van der Waals surface area (Å²) in [6, 6.07) is 3.78. The molecule has 1 rings (SSSR count). The second kappa shape index (κ2) is 9.48. The van der Waals surface area contributed by atoms with Crippen LogP contribution in [0.25, 0.3) is 0 Å². The Balaban J connectivity index is 2.56. The highest BCUT2D eigenvalue weighted by Crippen LogP contribution is 2.22. The van der Waals surface area contributed by atoms with E-state index in [1.807, 2.05) is 12.1 Å². The van der Waals surface area contributed by atoms with E-state index in [9.17, 15) is 0 Å². The topological polar surface area (TPSA) is 60.2 Å². The number of nitrogens with zero attached hydrogens (tertiary/aromatic N) is 1. The molecule has 1 unspecified atom stereocenters. The zero-order chi connectivity index (χ0) is 15.7. The van der Waals surface area contributed by atoms with E-state index in [-0.39, 0.29) is 0 Å². The number of nitrogen functional groups attached to an aromatic ring is 1. The Labute approximate surface area is 129 Å². The third-order valence-electron chi connectivity index (χ3n) is 3.56. The highest BCUT2D eigenvalue weighted by molar-refractivity contribution is 5.53. The number of ether oxygens (including phenoxy) is 1. The van der Waals surface area contributed by atoms with Gasteiger partial charge in [-0.05, 0) is 30.4 Å². The number of anilines is 2. The number of hydrogen-bond donors (Lipinski definition) is 2. The van der Waals surface area contributed by atoms with E-state index >= 15 is 0 Å². The average molecular weight is 293 g/mol. The number of aromatic nitrogens is 1. The van der Waals surface area contributed by atoms with Gasteiger partial charge in [0, 0.05) is 6.54 Å². The molecule has 4 heteroatoms. The molecule has 0 saturated heterocycles. The molecule has 0 aliphatic carbocycles. The standard InChI is InChI=1S/C17H31N3O/c1-5-7-8-14(6-2)11-19-16-10-9-15(18)17(20-16)21-12-13(3)4/h9-10,13-14H,5-8,11-12,18H2,1-4H3,(H,19,20). The number of nitrogens with one attached hydrogen (secondary N) is 1. The molecule has 0 amide bonds. The summed E-state index contributed by atoms with van der Waals surface area (Å²) in [6.07, 6.45) is 5.01. The molecular weight excluding hydrogens is 262 g/mol. The summed E-state index contributed by atoms with van der Waals surface area (Å²) in [7, 11) is 0. The van der Waals surface area contributed by atoms with Crippen molar-refractivity contribution in [2.75, 3.05) is 24.2 Å². The first kappa shape index (κ1) is 17.6. The third-order valence-corrected chi connectivity index (χ3v) is 3.56. The molecule has 0 radical (unpaired) electrons. The molecule has 4 nitrogen and oxygen atoms in total. The van der Waals surface area contributed by atoms with Gasteiger partial charge in [0.15, 0.2) is 0 Å². The maximum absolute atomic E-state index is 5.91. The second-order valence-electron chi connectivity index (χ2n) is 6.09. The average Bonchev–Trinajstić information content (AvgIpc) is 2.47. The van der Waals surface area contributed by atoms with Crippen molar-refractivity contribution in [2.24, 2.45) is 11.8 Å². The molecule has 0 aromatic carbocycles. The summed E-state index contributed by atoms with van der Waals surface area (Å²) in [5.41, 5.74) is 6.50. The molecule has 120 valence electrons. The molecule has 1 heterocycles. The third kappa shape index (κ3) is 6.69. The molecule has 0 spiro atoms. The van der Waals surface area contributed by atoms with Crippen LogP contribution >= 0.6 is 0 Å². The van der Waals surface area contributed by atoms with Crippen LogP contribution in [-0.2, 0) is 0 Å². The normalized spacial score (nSPS) is 12.4. The fourth-order valence-corrected chi connectivity index (χ4v) is 2.10. The van der Waals surface area contributed by atoms with Gasteiger partial charge in [0.25, 0.3) is 0 Å². The lowest BCUT2D eigenvalue weighted by Crippen LogP contribution is -2.15. The number of pyridine rings is 1. The molecular formula is C17H31N3O. The second-order valence-corrected chi connectivity index (χ2v) is 6.09. The fraction of sp³-hybridized carbons (Fsp3) is 0.706. The van der Waals surface area contributed by atoms with Gasteiger partial charge in [0.1, 0.15) is 5.82 Å².